The Kier molecular flexibility index (Phi) is 7.57. The number of ether oxygens (including phenoxy) is 4. The van der Waals surface area contributed by atoms with Crippen LogP contribution in [-0.4, -0.2) is 79.0 Å². The van der Waals surface area contributed by atoms with Gasteiger partial charge in [-0.2, -0.15) is 0 Å². The van der Waals surface area contributed by atoms with E-state index in [1.54, 1.807) is 14.2 Å². The molecule has 0 aromatic heterocycles. The quantitative estimate of drug-likeness (QED) is 0.696. The summed E-state index contributed by atoms with van der Waals surface area (Å²) in [4.78, 5) is 0. The molecule has 2 rings (SSSR count). The van der Waals surface area contributed by atoms with E-state index >= 15 is 0 Å². The van der Waals surface area contributed by atoms with Crippen molar-refractivity contribution in [2.24, 2.45) is 0 Å². The minimum absolute atomic E-state index is 0.333. The molecule has 0 saturated carbocycles. The predicted octanol–water partition coefficient (Wildman–Crippen LogP) is -0.758. The van der Waals surface area contributed by atoms with E-state index in [-0.39, 0.29) is 0 Å². The third-order valence-corrected chi connectivity index (χ3v) is 2.43. The van der Waals surface area contributed by atoms with Crippen LogP contribution in [0.25, 0.3) is 0 Å². The Morgan fingerprint density at radius 1 is 1.00 bits per heavy atom. The summed E-state index contributed by atoms with van der Waals surface area (Å²) in [5.74, 6) is 0. The number of hydrogen-bond donors (Lipinski definition) is 2. The molecule has 0 aliphatic carbocycles. The fourth-order valence-corrected chi connectivity index (χ4v) is 1.60. The largest absolute Gasteiger partial charge is 0.382 e. The average molecular weight is 264 g/mol. The molecule has 0 spiro atoms. The van der Waals surface area contributed by atoms with Gasteiger partial charge in [0.05, 0.1) is 41.3 Å². The van der Waals surface area contributed by atoms with Gasteiger partial charge in [-0.3, -0.25) is 0 Å². The molecule has 0 amide bonds. The van der Waals surface area contributed by atoms with Gasteiger partial charge in [0.25, 0.3) is 0 Å². The van der Waals surface area contributed by atoms with Gasteiger partial charge in [0.1, 0.15) is 0 Å². The van der Waals surface area contributed by atoms with Crippen molar-refractivity contribution >= 4 is 0 Å². The van der Waals surface area contributed by atoms with Crippen molar-refractivity contribution in [2.75, 3.05) is 66.8 Å². The maximum atomic E-state index is 7.61. The van der Waals surface area contributed by atoms with Crippen LogP contribution >= 0.6 is 0 Å². The van der Waals surface area contributed by atoms with Crippen molar-refractivity contribution in [3.63, 3.8) is 0 Å². The first-order chi connectivity index (χ1) is 9.54. The summed E-state index contributed by atoms with van der Waals surface area (Å²) >= 11 is 0. The highest BCUT2D eigenvalue weighted by Crippen LogP contribution is 1.95. The van der Waals surface area contributed by atoms with E-state index in [4.69, 9.17) is 21.7 Å². The van der Waals surface area contributed by atoms with Crippen LogP contribution in [0, 0.1) is 0 Å². The number of nitrogens with one attached hydrogen (secondary N) is 2. The van der Waals surface area contributed by atoms with Crippen molar-refractivity contribution in [1.82, 2.24) is 10.6 Å². The highest BCUT2D eigenvalue weighted by Gasteiger charge is 2.12. The lowest BCUT2D eigenvalue weighted by Crippen LogP contribution is -2.40. The zero-order chi connectivity index (χ0) is 14.9. The van der Waals surface area contributed by atoms with E-state index in [9.17, 15) is 0 Å². The van der Waals surface area contributed by atoms with Crippen LogP contribution in [0.5, 0.6) is 0 Å². The van der Waals surface area contributed by atoms with Crippen molar-refractivity contribution in [2.45, 2.75) is 12.2 Å². The lowest BCUT2D eigenvalue weighted by molar-refractivity contribution is -0.0188. The number of morpholine rings is 2. The van der Waals surface area contributed by atoms with Crippen molar-refractivity contribution in [3.05, 3.63) is 0 Å². The van der Waals surface area contributed by atoms with Crippen LogP contribution in [-0.2, 0) is 18.9 Å². The Hall–Kier alpha value is -0.240. The molecule has 2 atom stereocenters. The van der Waals surface area contributed by atoms with Crippen molar-refractivity contribution < 1.29 is 21.7 Å². The van der Waals surface area contributed by atoms with Gasteiger partial charge in [-0.25, -0.2) is 0 Å². The van der Waals surface area contributed by atoms with Gasteiger partial charge in [0.15, 0.2) is 0 Å². The summed E-state index contributed by atoms with van der Waals surface area (Å²) in [6.45, 7) is 4.66. The molecule has 2 saturated heterocycles. The van der Waals surface area contributed by atoms with Gasteiger partial charge in [0.2, 0.25) is 0 Å². The highest BCUT2D eigenvalue weighted by molar-refractivity contribution is 4.65. The van der Waals surface area contributed by atoms with Crippen LogP contribution in [0.15, 0.2) is 0 Å². The molecule has 2 N–H and O–H groups in total. The Morgan fingerprint density at radius 3 is 1.72 bits per heavy atom. The van der Waals surface area contributed by atoms with Crippen molar-refractivity contribution in [1.29, 1.82) is 0 Å². The SMILES string of the molecule is [2H][C@@]1(COC)CNCCO1.[2H][C@]1(COC)CNCCO1. The second kappa shape index (κ2) is 10.7. The molecule has 108 valence electrons. The van der Waals surface area contributed by atoms with Gasteiger partial charge in [0, 0.05) is 40.4 Å². The van der Waals surface area contributed by atoms with E-state index in [0.717, 1.165) is 13.1 Å². The van der Waals surface area contributed by atoms with Gasteiger partial charge < -0.3 is 29.6 Å². The van der Waals surface area contributed by atoms with Gasteiger partial charge in [-0.05, 0) is 0 Å². The second-order valence-electron chi connectivity index (χ2n) is 3.99. The highest BCUT2D eigenvalue weighted by atomic mass is 16.5. The minimum atomic E-state index is -0.854. The molecule has 18 heavy (non-hydrogen) atoms. The summed E-state index contributed by atoms with van der Waals surface area (Å²) < 4.78 is 35.3. The van der Waals surface area contributed by atoms with Crippen LogP contribution in [0.1, 0.15) is 2.74 Å². The normalized spacial score (nSPS) is 38.1. The number of rotatable bonds is 4. The molecule has 0 aromatic carbocycles. The van der Waals surface area contributed by atoms with Crippen LogP contribution in [0.2, 0.25) is 0 Å². The lowest BCUT2D eigenvalue weighted by Gasteiger charge is -2.22. The van der Waals surface area contributed by atoms with Gasteiger partial charge >= 0.3 is 0 Å². The van der Waals surface area contributed by atoms with Gasteiger partial charge in [-0.1, -0.05) is 0 Å². The molecule has 2 aliphatic rings. The fourth-order valence-electron chi connectivity index (χ4n) is 1.60. The first kappa shape index (κ1) is 12.8. The van der Waals surface area contributed by atoms with E-state index in [2.05, 4.69) is 10.6 Å². The fraction of sp³-hybridized carbons (Fsp3) is 1.00. The zero-order valence-corrected chi connectivity index (χ0v) is 11.3. The zero-order valence-electron chi connectivity index (χ0n) is 13.3. The third-order valence-electron chi connectivity index (χ3n) is 2.43. The maximum Gasteiger partial charge on any atom is 0.0932 e. The Bertz CT molecular complexity index is 223. The molecule has 2 aliphatic heterocycles. The van der Waals surface area contributed by atoms with Gasteiger partial charge in [-0.15, -0.1) is 0 Å². The molecule has 0 unspecified atom stereocenters. The first-order valence-electron chi connectivity index (χ1n) is 7.21. The predicted molar refractivity (Wildman–Crippen MR) is 69.0 cm³/mol. The Balaban J connectivity index is 0.000000200. The summed E-state index contributed by atoms with van der Waals surface area (Å²) in [5.41, 5.74) is 0. The molecule has 2 fully saturated rings. The summed E-state index contributed by atoms with van der Waals surface area (Å²) in [5, 5.41) is 6.14. The molecule has 0 aromatic rings. The molecule has 6 nitrogen and oxygen atoms in total. The van der Waals surface area contributed by atoms with E-state index in [1.165, 1.54) is 0 Å². The molecule has 0 radical (unpaired) electrons. The summed E-state index contributed by atoms with van der Waals surface area (Å²) in [6.07, 6.45) is -1.71. The Morgan fingerprint density at radius 2 is 1.44 bits per heavy atom. The molecule has 6 heteroatoms. The molecule has 0 bridgehead atoms. The van der Waals surface area contributed by atoms with E-state index < -0.39 is 12.2 Å². The maximum absolute atomic E-state index is 7.61. The standard InChI is InChI=1S/2C6H13NO2/c2*1-8-5-6-4-7-2-3-9-6/h2*6-7H,2-5H2,1H3/t2*6-/m10/s1/i2*6D. The van der Waals surface area contributed by atoms with E-state index in [1.807, 2.05) is 0 Å². The van der Waals surface area contributed by atoms with Crippen LogP contribution in [0.4, 0.5) is 0 Å². The van der Waals surface area contributed by atoms with Crippen LogP contribution in [0.3, 0.4) is 0 Å². The Labute approximate surface area is 112 Å². The number of hydrogen-bond acceptors (Lipinski definition) is 6. The van der Waals surface area contributed by atoms with E-state index in [0.29, 0.717) is 39.5 Å². The first-order valence-corrected chi connectivity index (χ1v) is 6.21. The summed E-state index contributed by atoms with van der Waals surface area (Å²) in [7, 11) is 3.16. The molecular formula is C12H26N2O4. The average Bonchev–Trinajstić information content (AvgIpc) is 2.41. The van der Waals surface area contributed by atoms with Crippen molar-refractivity contribution in [3.8, 4) is 0 Å². The summed E-state index contributed by atoms with van der Waals surface area (Å²) in [6, 6.07) is 0. The lowest BCUT2D eigenvalue weighted by atomic mass is 10.3. The molecule has 2 heterocycles. The monoisotopic (exact) mass is 264 g/mol. The third kappa shape index (κ3) is 7.25. The smallest absolute Gasteiger partial charge is 0.0932 e. The second-order valence-corrected chi connectivity index (χ2v) is 3.99. The minimum Gasteiger partial charge on any atom is -0.382 e. The van der Waals surface area contributed by atoms with Crippen LogP contribution < -0.4 is 10.6 Å². The topological polar surface area (TPSA) is 61.0 Å². The number of methoxy groups -OCH3 is 2. The molecular weight excluding hydrogens is 236 g/mol.